The van der Waals surface area contributed by atoms with E-state index in [0.717, 1.165) is 11.1 Å². The maximum Gasteiger partial charge on any atom is 0.345 e. The van der Waals surface area contributed by atoms with E-state index in [1.165, 1.54) is 11.3 Å². The second kappa shape index (κ2) is 6.11. The van der Waals surface area contributed by atoms with Crippen LogP contribution in [0.5, 0.6) is 0 Å². The standard InChI is InChI=1S/C14H15N3O5S2/c1-24(21,22)14-15-10-4-5-17(7-9(10)12(18)16-14)6-8-2-3-11(23-8)13(19)20/h2-3H,4-7H2,1H3,(H,19,20)(H,15,16,18). The number of fused-ring (bicyclic) bond motifs is 1. The lowest BCUT2D eigenvalue weighted by molar-refractivity contribution is 0.0702. The van der Waals surface area contributed by atoms with E-state index >= 15 is 0 Å². The summed E-state index contributed by atoms with van der Waals surface area (Å²) in [6, 6.07) is 3.33. The first-order chi connectivity index (χ1) is 11.2. The van der Waals surface area contributed by atoms with Gasteiger partial charge in [-0.2, -0.15) is 0 Å². The van der Waals surface area contributed by atoms with Crippen LogP contribution in [0.25, 0.3) is 0 Å². The molecule has 1 aliphatic heterocycles. The number of nitrogens with zero attached hydrogens (tertiary/aromatic N) is 2. The fraction of sp³-hybridized carbons (Fsp3) is 0.357. The van der Waals surface area contributed by atoms with Crippen molar-refractivity contribution >= 4 is 27.1 Å². The average molecular weight is 369 g/mol. The van der Waals surface area contributed by atoms with Crippen molar-refractivity contribution in [2.45, 2.75) is 24.7 Å². The number of carboxylic acid groups (broad SMARTS) is 1. The number of hydrogen-bond acceptors (Lipinski definition) is 7. The van der Waals surface area contributed by atoms with Crippen LogP contribution < -0.4 is 5.56 Å². The van der Waals surface area contributed by atoms with Gasteiger partial charge in [0.05, 0.1) is 11.3 Å². The summed E-state index contributed by atoms with van der Waals surface area (Å²) in [5.74, 6) is -0.954. The van der Waals surface area contributed by atoms with Gasteiger partial charge in [0.1, 0.15) is 4.88 Å². The second-order valence-corrected chi connectivity index (χ2v) is 8.70. The van der Waals surface area contributed by atoms with Crippen molar-refractivity contribution in [3.63, 3.8) is 0 Å². The first-order valence-corrected chi connectivity index (χ1v) is 9.81. The Kier molecular flexibility index (Phi) is 4.28. The molecule has 0 atom stereocenters. The van der Waals surface area contributed by atoms with Crippen LogP contribution in [0, 0.1) is 0 Å². The molecular weight excluding hydrogens is 354 g/mol. The quantitative estimate of drug-likeness (QED) is 0.753. The van der Waals surface area contributed by atoms with Crippen LogP contribution >= 0.6 is 11.3 Å². The molecule has 10 heteroatoms. The number of rotatable bonds is 4. The molecule has 8 nitrogen and oxygen atoms in total. The highest BCUT2D eigenvalue weighted by molar-refractivity contribution is 7.90. The highest BCUT2D eigenvalue weighted by Gasteiger charge is 2.24. The zero-order valence-corrected chi connectivity index (χ0v) is 14.4. The summed E-state index contributed by atoms with van der Waals surface area (Å²) >= 11 is 1.20. The number of aromatic nitrogens is 2. The van der Waals surface area contributed by atoms with Crippen LogP contribution in [-0.4, -0.2) is 47.2 Å². The first kappa shape index (κ1) is 16.8. The van der Waals surface area contributed by atoms with Gasteiger partial charge in [0, 0.05) is 37.2 Å². The minimum absolute atomic E-state index is 0.278. The summed E-state index contributed by atoms with van der Waals surface area (Å²) in [6.45, 7) is 1.50. The molecular formula is C14H15N3O5S2. The monoisotopic (exact) mass is 369 g/mol. The molecule has 3 heterocycles. The van der Waals surface area contributed by atoms with Crippen molar-refractivity contribution in [3.05, 3.63) is 43.5 Å². The average Bonchev–Trinajstić information content (AvgIpc) is 2.95. The minimum Gasteiger partial charge on any atom is -0.477 e. The Bertz CT molecular complexity index is 961. The van der Waals surface area contributed by atoms with E-state index in [4.69, 9.17) is 5.11 Å². The molecule has 0 saturated carbocycles. The number of H-pyrrole nitrogens is 1. The molecule has 3 rings (SSSR count). The zero-order chi connectivity index (χ0) is 17.5. The third kappa shape index (κ3) is 3.40. The molecule has 2 aromatic heterocycles. The van der Waals surface area contributed by atoms with Gasteiger partial charge in [-0.05, 0) is 12.1 Å². The van der Waals surface area contributed by atoms with Crippen molar-refractivity contribution in [1.29, 1.82) is 0 Å². The predicted molar refractivity (Wildman–Crippen MR) is 87.1 cm³/mol. The van der Waals surface area contributed by atoms with Crippen LogP contribution in [0.3, 0.4) is 0 Å². The lowest BCUT2D eigenvalue weighted by Gasteiger charge is -2.27. The predicted octanol–water partition coefficient (Wildman–Crippen LogP) is 0.491. The number of sulfone groups is 1. The Morgan fingerprint density at radius 1 is 1.46 bits per heavy atom. The molecule has 0 amide bonds. The fourth-order valence-corrected chi connectivity index (χ4v) is 4.01. The number of carbonyl (C=O) groups is 1. The van der Waals surface area contributed by atoms with Crippen LogP contribution in [0.4, 0.5) is 0 Å². The Balaban J connectivity index is 1.81. The van der Waals surface area contributed by atoms with Gasteiger partial charge in [-0.3, -0.25) is 14.7 Å². The summed E-state index contributed by atoms with van der Waals surface area (Å²) in [4.78, 5) is 32.7. The Hall–Kier alpha value is -2.04. The van der Waals surface area contributed by atoms with Gasteiger partial charge in [-0.15, -0.1) is 11.3 Å². The largest absolute Gasteiger partial charge is 0.477 e. The van der Waals surface area contributed by atoms with Crippen molar-refractivity contribution in [3.8, 4) is 0 Å². The van der Waals surface area contributed by atoms with Crippen molar-refractivity contribution in [2.24, 2.45) is 0 Å². The Morgan fingerprint density at radius 2 is 2.21 bits per heavy atom. The summed E-state index contributed by atoms with van der Waals surface area (Å²) < 4.78 is 23.1. The minimum atomic E-state index is -3.56. The molecule has 2 aromatic rings. The Labute approximate surface area is 141 Å². The van der Waals surface area contributed by atoms with Crippen LogP contribution in [0.15, 0.2) is 22.1 Å². The van der Waals surface area contributed by atoms with Gasteiger partial charge in [-0.25, -0.2) is 18.2 Å². The molecule has 0 aromatic carbocycles. The summed E-state index contributed by atoms with van der Waals surface area (Å²) in [6.07, 6.45) is 1.47. The molecule has 0 radical (unpaired) electrons. The van der Waals surface area contributed by atoms with Gasteiger partial charge >= 0.3 is 5.97 Å². The normalized spacial score (nSPS) is 15.2. The summed E-state index contributed by atoms with van der Waals surface area (Å²) in [7, 11) is -3.56. The number of nitrogens with one attached hydrogen (secondary N) is 1. The zero-order valence-electron chi connectivity index (χ0n) is 12.8. The number of aromatic carboxylic acids is 1. The van der Waals surface area contributed by atoms with E-state index in [0.29, 0.717) is 37.3 Å². The molecule has 0 unspecified atom stereocenters. The number of hydrogen-bond donors (Lipinski definition) is 2. The lowest BCUT2D eigenvalue weighted by Crippen LogP contribution is -2.35. The number of carboxylic acids is 1. The molecule has 0 aliphatic carbocycles. The van der Waals surface area contributed by atoms with E-state index in [1.807, 2.05) is 4.90 Å². The number of thiophene rings is 1. The second-order valence-electron chi connectivity index (χ2n) is 5.60. The fourth-order valence-electron chi connectivity index (χ4n) is 2.57. The van der Waals surface area contributed by atoms with Gasteiger partial charge in [0.15, 0.2) is 0 Å². The molecule has 0 bridgehead atoms. The molecule has 0 fully saturated rings. The smallest absolute Gasteiger partial charge is 0.345 e. The van der Waals surface area contributed by atoms with Gasteiger partial charge in [0.2, 0.25) is 15.0 Å². The van der Waals surface area contributed by atoms with Crippen molar-refractivity contribution in [1.82, 2.24) is 14.9 Å². The van der Waals surface area contributed by atoms with Gasteiger partial charge in [-0.1, -0.05) is 0 Å². The van der Waals surface area contributed by atoms with Crippen LogP contribution in [-0.2, 0) is 29.3 Å². The molecule has 0 saturated heterocycles. The SMILES string of the molecule is CS(=O)(=O)c1nc2c(c(=O)[nH]1)CN(Cc1ccc(C(=O)O)s1)CC2. The lowest BCUT2D eigenvalue weighted by atomic mass is 10.1. The molecule has 1 aliphatic rings. The van der Waals surface area contributed by atoms with Gasteiger partial charge in [0.25, 0.3) is 5.56 Å². The van der Waals surface area contributed by atoms with Gasteiger partial charge < -0.3 is 5.11 Å². The highest BCUT2D eigenvalue weighted by Crippen LogP contribution is 2.22. The van der Waals surface area contributed by atoms with Crippen LogP contribution in [0.1, 0.15) is 25.8 Å². The molecule has 128 valence electrons. The maximum absolute atomic E-state index is 12.2. The molecule has 0 spiro atoms. The third-order valence-corrected chi connectivity index (χ3v) is 5.68. The number of aromatic amines is 1. The van der Waals surface area contributed by atoms with E-state index in [-0.39, 0.29) is 10.0 Å². The van der Waals surface area contributed by atoms with Crippen molar-refractivity contribution in [2.75, 3.05) is 12.8 Å². The van der Waals surface area contributed by atoms with E-state index < -0.39 is 21.4 Å². The van der Waals surface area contributed by atoms with E-state index in [2.05, 4.69) is 9.97 Å². The van der Waals surface area contributed by atoms with E-state index in [9.17, 15) is 18.0 Å². The molecule has 24 heavy (non-hydrogen) atoms. The third-order valence-electron chi connectivity index (χ3n) is 3.73. The highest BCUT2D eigenvalue weighted by atomic mass is 32.2. The summed E-state index contributed by atoms with van der Waals surface area (Å²) in [5, 5.41) is 8.65. The Morgan fingerprint density at radius 3 is 2.83 bits per heavy atom. The van der Waals surface area contributed by atoms with E-state index in [1.54, 1.807) is 12.1 Å². The molecule has 2 N–H and O–H groups in total. The maximum atomic E-state index is 12.2. The first-order valence-electron chi connectivity index (χ1n) is 7.10. The topological polar surface area (TPSA) is 120 Å². The van der Waals surface area contributed by atoms with Crippen molar-refractivity contribution < 1.29 is 18.3 Å². The summed E-state index contributed by atoms with van der Waals surface area (Å²) in [5.41, 5.74) is 0.527. The van der Waals surface area contributed by atoms with Crippen LogP contribution in [0.2, 0.25) is 0 Å².